The van der Waals surface area contributed by atoms with Gasteiger partial charge in [-0.3, -0.25) is 9.10 Å². The van der Waals surface area contributed by atoms with Gasteiger partial charge in [0.2, 0.25) is 10.0 Å². The summed E-state index contributed by atoms with van der Waals surface area (Å²) in [5.74, 6) is 0.0960. The van der Waals surface area contributed by atoms with Crippen molar-refractivity contribution in [3.05, 3.63) is 65.2 Å². The van der Waals surface area contributed by atoms with E-state index in [2.05, 4.69) is 0 Å². The molecule has 0 aromatic heterocycles. The number of rotatable bonds is 4. The lowest BCUT2D eigenvalue weighted by atomic mass is 10.0. The molecule has 1 saturated heterocycles. The van der Waals surface area contributed by atoms with Gasteiger partial charge in [-0.15, -0.1) is 0 Å². The smallest absolute Gasteiger partial charge is 0.254 e. The Labute approximate surface area is 155 Å². The monoisotopic (exact) mass is 372 g/mol. The first-order chi connectivity index (χ1) is 12.3. The normalized spacial score (nSPS) is 17.1. The summed E-state index contributed by atoms with van der Waals surface area (Å²) in [6.07, 6.45) is 0.639. The van der Waals surface area contributed by atoms with E-state index in [1.54, 1.807) is 36.2 Å². The third-order valence-corrected chi connectivity index (χ3v) is 6.83. The Kier molecular flexibility index (Phi) is 5.05. The lowest BCUT2D eigenvalue weighted by Crippen LogP contribution is -2.30. The molecule has 26 heavy (non-hydrogen) atoms. The number of amides is 1. The van der Waals surface area contributed by atoms with Gasteiger partial charge >= 0.3 is 0 Å². The zero-order valence-corrected chi connectivity index (χ0v) is 16.2. The van der Waals surface area contributed by atoms with Crippen molar-refractivity contribution >= 4 is 21.6 Å². The molecule has 0 bridgehead atoms. The maximum absolute atomic E-state index is 12.8. The van der Waals surface area contributed by atoms with Crippen LogP contribution in [0.2, 0.25) is 0 Å². The predicted molar refractivity (Wildman–Crippen MR) is 104 cm³/mol. The highest BCUT2D eigenvalue weighted by Crippen LogP contribution is 2.26. The molecule has 0 N–H and O–H groups in total. The first kappa shape index (κ1) is 18.5. The average Bonchev–Trinajstić information content (AvgIpc) is 3.00. The van der Waals surface area contributed by atoms with E-state index in [0.717, 1.165) is 5.56 Å². The summed E-state index contributed by atoms with van der Waals surface area (Å²) in [6, 6.07) is 14.9. The fourth-order valence-corrected chi connectivity index (χ4v) is 4.71. The quantitative estimate of drug-likeness (QED) is 0.827. The minimum absolute atomic E-state index is 0.0539. The topological polar surface area (TPSA) is 57.7 Å². The number of nitrogens with zero attached hydrogens (tertiary/aromatic N) is 2. The summed E-state index contributed by atoms with van der Waals surface area (Å²) in [4.78, 5) is 14.5. The van der Waals surface area contributed by atoms with E-state index in [9.17, 15) is 13.2 Å². The van der Waals surface area contributed by atoms with E-state index in [4.69, 9.17) is 0 Å². The van der Waals surface area contributed by atoms with Gasteiger partial charge in [0.15, 0.2) is 0 Å². The average molecular weight is 372 g/mol. The number of carbonyl (C=O) groups excluding carboxylic acids is 1. The molecule has 1 aliphatic rings. The van der Waals surface area contributed by atoms with E-state index in [1.807, 2.05) is 38.1 Å². The number of anilines is 1. The van der Waals surface area contributed by atoms with Crippen molar-refractivity contribution < 1.29 is 13.2 Å². The van der Waals surface area contributed by atoms with Crippen LogP contribution in [0.5, 0.6) is 0 Å². The fraction of sp³-hybridized carbons (Fsp3) is 0.350. The minimum Gasteiger partial charge on any atom is -0.335 e. The molecular weight excluding hydrogens is 348 g/mol. The number of carbonyl (C=O) groups is 1. The highest BCUT2D eigenvalue weighted by Gasteiger charge is 2.28. The van der Waals surface area contributed by atoms with Gasteiger partial charge in [0, 0.05) is 19.2 Å². The van der Waals surface area contributed by atoms with Crippen molar-refractivity contribution in [1.29, 1.82) is 0 Å². The molecule has 5 nitrogen and oxygen atoms in total. The van der Waals surface area contributed by atoms with Crippen LogP contribution < -0.4 is 4.31 Å². The highest BCUT2D eigenvalue weighted by molar-refractivity contribution is 7.93. The van der Waals surface area contributed by atoms with Crippen molar-refractivity contribution in [3.63, 3.8) is 0 Å². The Morgan fingerprint density at radius 1 is 1.08 bits per heavy atom. The third-order valence-electron chi connectivity index (χ3n) is 4.96. The molecule has 6 heteroatoms. The van der Waals surface area contributed by atoms with E-state index in [1.165, 1.54) is 9.87 Å². The summed E-state index contributed by atoms with van der Waals surface area (Å²) in [5, 5.41) is 0. The van der Waals surface area contributed by atoms with E-state index < -0.39 is 10.0 Å². The van der Waals surface area contributed by atoms with Crippen LogP contribution in [-0.4, -0.2) is 38.6 Å². The molecule has 138 valence electrons. The standard InChI is InChI=1S/C20H24N2O3S/c1-15-5-7-17(8-6-15)16(2)21(3)20(23)18-9-11-19(12-10-18)22-13-4-14-26(22,24)25/h5-12,16H,4,13-14H2,1-3H3. The molecular formula is C20H24N2O3S. The van der Waals surface area contributed by atoms with Gasteiger partial charge in [0.1, 0.15) is 0 Å². The molecule has 1 unspecified atom stereocenters. The molecule has 2 aromatic carbocycles. The van der Waals surface area contributed by atoms with Crippen LogP contribution >= 0.6 is 0 Å². The van der Waals surface area contributed by atoms with Crippen LogP contribution in [0.25, 0.3) is 0 Å². The first-order valence-electron chi connectivity index (χ1n) is 8.74. The maximum atomic E-state index is 12.8. The lowest BCUT2D eigenvalue weighted by Gasteiger charge is -2.26. The number of benzene rings is 2. The van der Waals surface area contributed by atoms with Gasteiger partial charge < -0.3 is 4.90 Å². The number of hydrogen-bond acceptors (Lipinski definition) is 3. The molecule has 0 radical (unpaired) electrons. The van der Waals surface area contributed by atoms with E-state index >= 15 is 0 Å². The Morgan fingerprint density at radius 2 is 1.69 bits per heavy atom. The van der Waals surface area contributed by atoms with Gasteiger partial charge in [0.05, 0.1) is 17.5 Å². The van der Waals surface area contributed by atoms with Gasteiger partial charge in [-0.1, -0.05) is 29.8 Å². The van der Waals surface area contributed by atoms with Gasteiger partial charge in [-0.2, -0.15) is 0 Å². The molecule has 1 aliphatic heterocycles. The molecule has 1 fully saturated rings. The Hall–Kier alpha value is -2.34. The third kappa shape index (κ3) is 3.60. The van der Waals surface area contributed by atoms with Crippen molar-refractivity contribution in [2.75, 3.05) is 23.7 Å². The van der Waals surface area contributed by atoms with Gasteiger partial charge in [-0.25, -0.2) is 8.42 Å². The summed E-state index contributed by atoms with van der Waals surface area (Å²) in [6.45, 7) is 4.53. The molecule has 0 spiro atoms. The minimum atomic E-state index is -3.20. The summed E-state index contributed by atoms with van der Waals surface area (Å²) in [7, 11) is -1.42. The first-order valence-corrected chi connectivity index (χ1v) is 10.3. The number of sulfonamides is 1. The second-order valence-electron chi connectivity index (χ2n) is 6.79. The van der Waals surface area contributed by atoms with E-state index in [0.29, 0.717) is 24.2 Å². The van der Waals surface area contributed by atoms with Crippen molar-refractivity contribution in [3.8, 4) is 0 Å². The molecule has 1 heterocycles. The van der Waals surface area contributed by atoms with Crippen LogP contribution in [0.1, 0.15) is 40.9 Å². The second-order valence-corrected chi connectivity index (χ2v) is 8.80. The second kappa shape index (κ2) is 7.11. The van der Waals surface area contributed by atoms with Crippen LogP contribution in [0, 0.1) is 6.92 Å². The lowest BCUT2D eigenvalue weighted by molar-refractivity contribution is 0.0742. The van der Waals surface area contributed by atoms with Gasteiger partial charge in [-0.05, 0) is 50.1 Å². The summed E-state index contributed by atoms with van der Waals surface area (Å²) >= 11 is 0. The van der Waals surface area contributed by atoms with Crippen molar-refractivity contribution in [2.45, 2.75) is 26.3 Å². The predicted octanol–water partition coefficient (Wildman–Crippen LogP) is 3.37. The van der Waals surface area contributed by atoms with Crippen LogP contribution in [-0.2, 0) is 10.0 Å². The zero-order chi connectivity index (χ0) is 18.9. The molecule has 1 amide bonds. The van der Waals surface area contributed by atoms with Crippen molar-refractivity contribution in [2.24, 2.45) is 0 Å². The van der Waals surface area contributed by atoms with Crippen LogP contribution in [0.4, 0.5) is 5.69 Å². The van der Waals surface area contributed by atoms with Crippen LogP contribution in [0.3, 0.4) is 0 Å². The summed E-state index contributed by atoms with van der Waals surface area (Å²) < 4.78 is 25.4. The molecule has 1 atom stereocenters. The Bertz CT molecular complexity index is 890. The van der Waals surface area contributed by atoms with Gasteiger partial charge in [0.25, 0.3) is 5.91 Å². The van der Waals surface area contributed by atoms with Crippen LogP contribution in [0.15, 0.2) is 48.5 Å². The maximum Gasteiger partial charge on any atom is 0.254 e. The van der Waals surface area contributed by atoms with E-state index in [-0.39, 0.29) is 17.7 Å². The molecule has 0 saturated carbocycles. The molecule has 0 aliphatic carbocycles. The summed E-state index contributed by atoms with van der Waals surface area (Å²) in [5.41, 5.74) is 3.42. The largest absolute Gasteiger partial charge is 0.335 e. The number of hydrogen-bond donors (Lipinski definition) is 0. The number of aryl methyl sites for hydroxylation is 1. The highest BCUT2D eigenvalue weighted by atomic mass is 32.2. The Balaban J connectivity index is 1.76. The molecule has 3 rings (SSSR count). The SMILES string of the molecule is Cc1ccc(C(C)N(C)C(=O)c2ccc(N3CCCS3(=O)=O)cc2)cc1. The van der Waals surface area contributed by atoms with Crippen molar-refractivity contribution in [1.82, 2.24) is 4.90 Å². The molecule has 2 aromatic rings. The zero-order valence-electron chi connectivity index (χ0n) is 15.3. The Morgan fingerprint density at radius 3 is 2.23 bits per heavy atom. The fourth-order valence-electron chi connectivity index (χ4n) is 3.15.